The van der Waals surface area contributed by atoms with Gasteiger partial charge in [0, 0.05) is 34.5 Å². The molecule has 0 spiro atoms. The second kappa shape index (κ2) is 5.33. The van der Waals surface area contributed by atoms with E-state index in [1.807, 2.05) is 24.3 Å². The lowest BCUT2D eigenvalue weighted by atomic mass is 9.88. The third-order valence-electron chi connectivity index (χ3n) is 4.41. The van der Waals surface area contributed by atoms with Gasteiger partial charge in [0.15, 0.2) is 11.6 Å². The molecule has 1 unspecified atom stereocenters. The summed E-state index contributed by atoms with van der Waals surface area (Å²) in [6, 6.07) is 10.3. The van der Waals surface area contributed by atoms with Crippen LogP contribution >= 0.6 is 0 Å². The maximum Gasteiger partial charge on any atom is 0.225 e. The predicted octanol–water partition coefficient (Wildman–Crippen LogP) is 3.93. The van der Waals surface area contributed by atoms with Crippen molar-refractivity contribution < 1.29 is 18.3 Å². The lowest BCUT2D eigenvalue weighted by Gasteiger charge is -2.24. The fraction of sp³-hybridized carbons (Fsp3) is 0.167. The van der Waals surface area contributed by atoms with E-state index in [2.05, 4.69) is 10.3 Å². The molecule has 0 bridgehead atoms. The molecule has 1 aliphatic heterocycles. The third-order valence-corrected chi connectivity index (χ3v) is 4.41. The van der Waals surface area contributed by atoms with Crippen LogP contribution in [-0.2, 0) is 4.79 Å². The number of benzene rings is 2. The third kappa shape index (κ3) is 2.06. The SMILES string of the molecule is COc1ccc(C2CC(=O)Nc3c2[nH]c2ccccc32)c(F)c1F. The largest absolute Gasteiger partial charge is 0.494 e. The molecule has 2 aromatic carbocycles. The lowest BCUT2D eigenvalue weighted by Crippen LogP contribution is -2.24. The van der Waals surface area contributed by atoms with E-state index in [1.54, 1.807) is 0 Å². The summed E-state index contributed by atoms with van der Waals surface area (Å²) in [6.45, 7) is 0. The van der Waals surface area contributed by atoms with Crippen molar-refractivity contribution in [1.29, 1.82) is 0 Å². The van der Waals surface area contributed by atoms with Crippen molar-refractivity contribution in [3.63, 3.8) is 0 Å². The van der Waals surface area contributed by atoms with Crippen molar-refractivity contribution in [2.75, 3.05) is 12.4 Å². The molecule has 3 aromatic rings. The molecule has 1 amide bonds. The smallest absolute Gasteiger partial charge is 0.225 e. The van der Waals surface area contributed by atoms with E-state index in [-0.39, 0.29) is 23.6 Å². The Balaban J connectivity index is 1.92. The van der Waals surface area contributed by atoms with Crippen molar-refractivity contribution in [1.82, 2.24) is 4.98 Å². The van der Waals surface area contributed by atoms with Crippen molar-refractivity contribution in [2.24, 2.45) is 0 Å². The standard InChI is InChI=1S/C18H14F2N2O2/c1-24-13-7-6-9(15(19)16(13)20)11-8-14(23)22-17-10-4-2-3-5-12(10)21-18(11)17/h2-7,11,21H,8H2,1H3,(H,22,23). The summed E-state index contributed by atoms with van der Waals surface area (Å²) in [5.74, 6) is -3.00. The molecule has 2 heterocycles. The van der Waals surface area contributed by atoms with Gasteiger partial charge in [0.2, 0.25) is 11.7 Å². The number of anilines is 1. The van der Waals surface area contributed by atoms with Crippen molar-refractivity contribution in [3.8, 4) is 5.75 Å². The minimum atomic E-state index is -1.04. The van der Waals surface area contributed by atoms with Crippen LogP contribution in [0.25, 0.3) is 10.9 Å². The minimum absolute atomic E-state index is 0.0442. The van der Waals surface area contributed by atoms with Crippen LogP contribution < -0.4 is 10.1 Å². The summed E-state index contributed by atoms with van der Waals surface area (Å²) in [5.41, 5.74) is 2.28. The van der Waals surface area contributed by atoms with E-state index in [1.165, 1.54) is 19.2 Å². The van der Waals surface area contributed by atoms with Gasteiger partial charge in [-0.3, -0.25) is 4.79 Å². The molecule has 1 aliphatic rings. The number of aromatic amines is 1. The molecule has 0 saturated heterocycles. The molecule has 122 valence electrons. The highest BCUT2D eigenvalue weighted by Crippen LogP contribution is 2.42. The Bertz CT molecular complexity index is 965. The number of nitrogens with one attached hydrogen (secondary N) is 2. The van der Waals surface area contributed by atoms with Gasteiger partial charge >= 0.3 is 0 Å². The Hall–Kier alpha value is -2.89. The molecule has 0 aliphatic carbocycles. The van der Waals surface area contributed by atoms with Crippen LogP contribution in [0.5, 0.6) is 5.75 Å². The molecular weight excluding hydrogens is 314 g/mol. The first kappa shape index (κ1) is 14.7. The second-order valence-corrected chi connectivity index (χ2v) is 5.75. The van der Waals surface area contributed by atoms with Gasteiger partial charge in [-0.05, 0) is 12.1 Å². The number of hydrogen-bond acceptors (Lipinski definition) is 2. The molecule has 6 heteroatoms. The van der Waals surface area contributed by atoms with Crippen molar-refractivity contribution in [3.05, 3.63) is 59.3 Å². The summed E-state index contributed by atoms with van der Waals surface area (Å²) in [6.07, 6.45) is 0.0442. The zero-order valence-electron chi connectivity index (χ0n) is 12.8. The number of halogens is 2. The first-order valence-corrected chi connectivity index (χ1v) is 7.52. The maximum atomic E-state index is 14.5. The molecule has 0 saturated carbocycles. The van der Waals surface area contributed by atoms with Gasteiger partial charge in [0.25, 0.3) is 0 Å². The molecule has 1 atom stereocenters. The van der Waals surface area contributed by atoms with Gasteiger partial charge < -0.3 is 15.0 Å². The van der Waals surface area contributed by atoms with E-state index in [0.717, 1.165) is 10.9 Å². The number of hydrogen-bond donors (Lipinski definition) is 2. The molecular formula is C18H14F2N2O2. The number of para-hydroxylation sites is 1. The van der Waals surface area contributed by atoms with Crippen LogP contribution in [0.2, 0.25) is 0 Å². The Labute approximate surface area is 136 Å². The number of fused-ring (bicyclic) bond motifs is 3. The highest BCUT2D eigenvalue weighted by atomic mass is 19.2. The monoisotopic (exact) mass is 328 g/mol. The maximum absolute atomic E-state index is 14.5. The molecule has 1 aromatic heterocycles. The van der Waals surface area contributed by atoms with Crippen molar-refractivity contribution >= 4 is 22.5 Å². The first-order chi connectivity index (χ1) is 11.6. The summed E-state index contributed by atoms with van der Waals surface area (Å²) >= 11 is 0. The van der Waals surface area contributed by atoms with Gasteiger partial charge in [-0.15, -0.1) is 0 Å². The molecule has 24 heavy (non-hydrogen) atoms. The van der Waals surface area contributed by atoms with E-state index in [4.69, 9.17) is 4.74 Å². The Kier molecular flexibility index (Phi) is 3.26. The highest BCUT2D eigenvalue weighted by Gasteiger charge is 2.32. The van der Waals surface area contributed by atoms with Crippen LogP contribution in [0.15, 0.2) is 36.4 Å². The number of methoxy groups -OCH3 is 1. The predicted molar refractivity (Wildman–Crippen MR) is 86.3 cm³/mol. The van der Waals surface area contributed by atoms with Gasteiger partial charge in [-0.2, -0.15) is 4.39 Å². The topological polar surface area (TPSA) is 54.1 Å². The number of rotatable bonds is 2. The fourth-order valence-electron chi connectivity index (χ4n) is 3.28. The molecule has 2 N–H and O–H groups in total. The molecule has 0 fully saturated rings. The summed E-state index contributed by atoms with van der Waals surface area (Å²) in [4.78, 5) is 15.3. The number of H-pyrrole nitrogens is 1. The Morgan fingerprint density at radius 1 is 1.12 bits per heavy atom. The minimum Gasteiger partial charge on any atom is -0.494 e. The second-order valence-electron chi connectivity index (χ2n) is 5.75. The fourth-order valence-corrected chi connectivity index (χ4v) is 3.28. The van der Waals surface area contributed by atoms with Crippen LogP contribution in [0.4, 0.5) is 14.5 Å². The Morgan fingerprint density at radius 2 is 1.92 bits per heavy atom. The normalized spacial score (nSPS) is 16.8. The summed E-state index contributed by atoms with van der Waals surface area (Å²) in [7, 11) is 1.28. The van der Waals surface area contributed by atoms with E-state index >= 15 is 0 Å². The van der Waals surface area contributed by atoms with E-state index < -0.39 is 17.6 Å². The Morgan fingerprint density at radius 3 is 2.71 bits per heavy atom. The number of amides is 1. The lowest BCUT2D eigenvalue weighted by molar-refractivity contribution is -0.116. The average Bonchev–Trinajstić information content (AvgIpc) is 2.95. The molecule has 4 nitrogen and oxygen atoms in total. The number of ether oxygens (including phenoxy) is 1. The summed E-state index contributed by atoms with van der Waals surface area (Å²) < 4.78 is 33.4. The zero-order valence-corrected chi connectivity index (χ0v) is 12.8. The zero-order chi connectivity index (χ0) is 16.8. The van der Waals surface area contributed by atoms with Gasteiger partial charge in [0.1, 0.15) is 0 Å². The highest BCUT2D eigenvalue weighted by molar-refractivity contribution is 6.05. The van der Waals surface area contributed by atoms with Crippen LogP contribution in [-0.4, -0.2) is 18.0 Å². The van der Waals surface area contributed by atoms with Gasteiger partial charge in [0.05, 0.1) is 12.8 Å². The van der Waals surface area contributed by atoms with E-state index in [9.17, 15) is 13.6 Å². The van der Waals surface area contributed by atoms with Gasteiger partial charge in [-0.25, -0.2) is 4.39 Å². The van der Waals surface area contributed by atoms with E-state index in [0.29, 0.717) is 11.4 Å². The number of aromatic nitrogens is 1. The average molecular weight is 328 g/mol. The molecule has 0 radical (unpaired) electrons. The molecule has 4 rings (SSSR count). The quantitative estimate of drug-likeness (QED) is 0.749. The first-order valence-electron chi connectivity index (χ1n) is 7.52. The van der Waals surface area contributed by atoms with Crippen molar-refractivity contribution in [2.45, 2.75) is 12.3 Å². The van der Waals surface area contributed by atoms with Crippen LogP contribution in [0.3, 0.4) is 0 Å². The summed E-state index contributed by atoms with van der Waals surface area (Å²) in [5, 5.41) is 3.68. The van der Waals surface area contributed by atoms with Gasteiger partial charge in [-0.1, -0.05) is 24.3 Å². The van der Waals surface area contributed by atoms with Crippen LogP contribution in [0.1, 0.15) is 23.6 Å². The number of carbonyl (C=O) groups excluding carboxylic acids is 1. The number of carbonyl (C=O) groups is 1. The van der Waals surface area contributed by atoms with Crippen LogP contribution in [0, 0.1) is 11.6 Å².